The van der Waals surface area contributed by atoms with E-state index in [2.05, 4.69) is 5.32 Å². The van der Waals surface area contributed by atoms with Crippen molar-refractivity contribution in [3.63, 3.8) is 0 Å². The monoisotopic (exact) mass is 374 g/mol. The van der Waals surface area contributed by atoms with Crippen molar-refractivity contribution in [2.75, 3.05) is 13.1 Å². The Labute approximate surface area is 160 Å². The van der Waals surface area contributed by atoms with E-state index < -0.39 is 5.97 Å². The largest absolute Gasteiger partial charge is 0.481 e. The molecule has 2 amide bonds. The van der Waals surface area contributed by atoms with Crippen LogP contribution in [-0.4, -0.2) is 46.9 Å². The highest BCUT2D eigenvalue weighted by Gasteiger charge is 2.29. The Morgan fingerprint density at radius 2 is 1.78 bits per heavy atom. The molecule has 27 heavy (non-hydrogen) atoms. The maximum atomic E-state index is 12.7. The van der Waals surface area contributed by atoms with E-state index in [4.69, 9.17) is 5.11 Å². The van der Waals surface area contributed by atoms with Gasteiger partial charge in [-0.3, -0.25) is 14.4 Å². The topological polar surface area (TPSA) is 86.7 Å². The van der Waals surface area contributed by atoms with E-state index in [1.54, 1.807) is 0 Å². The van der Waals surface area contributed by atoms with Gasteiger partial charge in [-0.2, -0.15) is 0 Å². The number of benzene rings is 1. The van der Waals surface area contributed by atoms with E-state index in [-0.39, 0.29) is 36.1 Å². The highest BCUT2D eigenvalue weighted by Crippen LogP contribution is 2.20. The number of nitrogens with zero attached hydrogens (tertiary/aromatic N) is 1. The number of piperidine rings is 1. The van der Waals surface area contributed by atoms with Crippen LogP contribution in [0.4, 0.5) is 0 Å². The maximum Gasteiger partial charge on any atom is 0.303 e. The molecule has 6 heteroatoms. The molecule has 6 nitrogen and oxygen atoms in total. The molecule has 148 valence electrons. The van der Waals surface area contributed by atoms with Gasteiger partial charge in [0.25, 0.3) is 0 Å². The molecule has 2 N–H and O–H groups in total. The summed E-state index contributed by atoms with van der Waals surface area (Å²) in [6.07, 6.45) is 2.35. The molecule has 0 bridgehead atoms. The van der Waals surface area contributed by atoms with Crippen LogP contribution in [0.5, 0.6) is 0 Å². The number of hydrogen-bond acceptors (Lipinski definition) is 3. The van der Waals surface area contributed by atoms with Crippen molar-refractivity contribution < 1.29 is 19.5 Å². The lowest BCUT2D eigenvalue weighted by molar-refractivity contribution is -0.138. The van der Waals surface area contributed by atoms with Crippen molar-refractivity contribution in [1.82, 2.24) is 10.2 Å². The Morgan fingerprint density at radius 3 is 2.33 bits per heavy atom. The molecule has 0 aliphatic carbocycles. The van der Waals surface area contributed by atoms with Crippen LogP contribution in [0.1, 0.15) is 45.1 Å². The lowest BCUT2D eigenvalue weighted by atomic mass is 9.93. The molecule has 1 aliphatic rings. The van der Waals surface area contributed by atoms with Crippen LogP contribution in [0.25, 0.3) is 0 Å². The third kappa shape index (κ3) is 6.70. The molecule has 0 aromatic heterocycles. The average molecular weight is 374 g/mol. The molecule has 1 atom stereocenters. The Bertz CT molecular complexity index is 637. The average Bonchev–Trinajstić information content (AvgIpc) is 2.66. The summed E-state index contributed by atoms with van der Waals surface area (Å²) in [5.41, 5.74) is 1.07. The predicted octanol–water partition coefficient (Wildman–Crippen LogP) is 2.47. The van der Waals surface area contributed by atoms with Crippen molar-refractivity contribution >= 4 is 17.8 Å². The van der Waals surface area contributed by atoms with Gasteiger partial charge in [-0.05, 0) is 31.2 Å². The Balaban J connectivity index is 1.91. The second kappa shape index (κ2) is 10.1. The van der Waals surface area contributed by atoms with Gasteiger partial charge in [0, 0.05) is 37.4 Å². The van der Waals surface area contributed by atoms with E-state index in [1.807, 2.05) is 49.1 Å². The standard InChI is InChI=1S/C21H30N2O4/c1-15(2)21(27)23-12-10-17(11-13-23)20(26)22-18(8-9-19(24)25)14-16-6-4-3-5-7-16/h3-7,15,17-18H,8-14H2,1-2H3,(H,22,26)(H,24,25). The number of carbonyl (C=O) groups is 3. The molecule has 1 fully saturated rings. The summed E-state index contributed by atoms with van der Waals surface area (Å²) in [6.45, 7) is 4.98. The third-order valence-corrected chi connectivity index (χ3v) is 5.05. The first kappa shape index (κ1) is 20.9. The lowest BCUT2D eigenvalue weighted by Gasteiger charge is -2.33. The zero-order valence-corrected chi connectivity index (χ0v) is 16.2. The number of carbonyl (C=O) groups excluding carboxylic acids is 2. The van der Waals surface area contributed by atoms with Crippen molar-refractivity contribution in [3.05, 3.63) is 35.9 Å². The van der Waals surface area contributed by atoms with E-state index in [0.29, 0.717) is 38.8 Å². The number of carboxylic acid groups (broad SMARTS) is 1. The zero-order valence-electron chi connectivity index (χ0n) is 16.2. The van der Waals surface area contributed by atoms with E-state index in [9.17, 15) is 14.4 Å². The minimum Gasteiger partial charge on any atom is -0.481 e. The number of carboxylic acids is 1. The second-order valence-electron chi connectivity index (χ2n) is 7.58. The molecular formula is C21H30N2O4. The van der Waals surface area contributed by atoms with Gasteiger partial charge < -0.3 is 15.3 Å². The molecule has 0 spiro atoms. The Kier molecular flexibility index (Phi) is 7.82. The Morgan fingerprint density at radius 1 is 1.15 bits per heavy atom. The maximum absolute atomic E-state index is 12.7. The van der Waals surface area contributed by atoms with Gasteiger partial charge in [0.2, 0.25) is 11.8 Å². The smallest absolute Gasteiger partial charge is 0.303 e. The molecule has 0 radical (unpaired) electrons. The Hall–Kier alpha value is -2.37. The van der Waals surface area contributed by atoms with Crippen molar-refractivity contribution in [2.24, 2.45) is 11.8 Å². The van der Waals surface area contributed by atoms with Crippen molar-refractivity contribution in [2.45, 2.75) is 52.0 Å². The molecule has 1 aromatic carbocycles. The first-order valence-corrected chi connectivity index (χ1v) is 9.71. The zero-order chi connectivity index (χ0) is 19.8. The van der Waals surface area contributed by atoms with E-state index in [0.717, 1.165) is 5.56 Å². The normalized spacial score (nSPS) is 16.2. The van der Waals surface area contributed by atoms with Gasteiger partial charge in [0.05, 0.1) is 0 Å². The van der Waals surface area contributed by atoms with Gasteiger partial charge in [-0.1, -0.05) is 44.2 Å². The summed E-state index contributed by atoms with van der Waals surface area (Å²) in [4.78, 5) is 37.5. The highest BCUT2D eigenvalue weighted by molar-refractivity contribution is 5.81. The molecule has 0 saturated carbocycles. The van der Waals surface area contributed by atoms with Crippen molar-refractivity contribution in [1.29, 1.82) is 0 Å². The van der Waals surface area contributed by atoms with Gasteiger partial charge in [-0.25, -0.2) is 0 Å². The fourth-order valence-corrected chi connectivity index (χ4v) is 3.47. The molecule has 1 saturated heterocycles. The van der Waals surface area contributed by atoms with Gasteiger partial charge in [0.15, 0.2) is 0 Å². The summed E-state index contributed by atoms with van der Waals surface area (Å²) in [5.74, 6) is -0.899. The quantitative estimate of drug-likeness (QED) is 0.732. The predicted molar refractivity (Wildman–Crippen MR) is 103 cm³/mol. The van der Waals surface area contributed by atoms with E-state index >= 15 is 0 Å². The van der Waals surface area contributed by atoms with Crippen LogP contribution in [0.15, 0.2) is 30.3 Å². The van der Waals surface area contributed by atoms with Gasteiger partial charge in [0.1, 0.15) is 0 Å². The first-order valence-electron chi connectivity index (χ1n) is 9.71. The van der Waals surface area contributed by atoms with E-state index in [1.165, 1.54) is 0 Å². The van der Waals surface area contributed by atoms with Crippen LogP contribution in [-0.2, 0) is 20.8 Å². The minimum atomic E-state index is -0.859. The summed E-state index contributed by atoms with van der Waals surface area (Å²) < 4.78 is 0. The third-order valence-electron chi connectivity index (χ3n) is 5.05. The number of aliphatic carboxylic acids is 1. The van der Waals surface area contributed by atoms with Crippen LogP contribution in [0, 0.1) is 11.8 Å². The summed E-state index contributed by atoms with van der Waals surface area (Å²) in [7, 11) is 0. The first-order chi connectivity index (χ1) is 12.9. The minimum absolute atomic E-state index is 0.0263. The van der Waals surface area contributed by atoms with Crippen LogP contribution in [0.2, 0.25) is 0 Å². The van der Waals surface area contributed by atoms with Gasteiger partial charge in [-0.15, -0.1) is 0 Å². The second-order valence-corrected chi connectivity index (χ2v) is 7.58. The molecule has 2 rings (SSSR count). The SMILES string of the molecule is CC(C)C(=O)N1CCC(C(=O)NC(CCC(=O)O)Cc2ccccc2)CC1. The number of likely N-dealkylation sites (tertiary alicyclic amines) is 1. The summed E-state index contributed by atoms with van der Waals surface area (Å²) in [6, 6.07) is 9.57. The molecular weight excluding hydrogens is 344 g/mol. The van der Waals surface area contributed by atoms with Crippen LogP contribution in [0.3, 0.4) is 0 Å². The highest BCUT2D eigenvalue weighted by atomic mass is 16.4. The fourth-order valence-electron chi connectivity index (χ4n) is 3.47. The number of hydrogen-bond donors (Lipinski definition) is 2. The van der Waals surface area contributed by atoms with Gasteiger partial charge >= 0.3 is 5.97 Å². The number of amides is 2. The van der Waals surface area contributed by atoms with Crippen LogP contribution >= 0.6 is 0 Å². The lowest BCUT2D eigenvalue weighted by Crippen LogP contribution is -2.46. The number of rotatable bonds is 8. The summed E-state index contributed by atoms with van der Waals surface area (Å²) >= 11 is 0. The molecule has 1 unspecified atom stereocenters. The van der Waals surface area contributed by atoms with Crippen molar-refractivity contribution in [3.8, 4) is 0 Å². The number of nitrogens with one attached hydrogen (secondary N) is 1. The molecule has 1 heterocycles. The fraction of sp³-hybridized carbons (Fsp3) is 0.571. The van der Waals surface area contributed by atoms with Crippen LogP contribution < -0.4 is 5.32 Å². The molecule has 1 aromatic rings. The summed E-state index contributed by atoms with van der Waals surface area (Å²) in [5, 5.41) is 12.0. The molecule has 1 aliphatic heterocycles.